The standard InChI is InChI=1S/C19H30N4O2/c1-14-6-7-15(13-17(14)25-3)10-12-22-19(20-2)21-11-4-5-18(24)23-16-8-9-16/h6-7,13,16H,4-5,8-12H2,1-3H3,(H,23,24)(H2,20,21,22). The number of rotatable bonds is 9. The van der Waals surface area contributed by atoms with Gasteiger partial charge in [-0.3, -0.25) is 9.79 Å². The molecule has 0 unspecified atom stereocenters. The van der Waals surface area contributed by atoms with Gasteiger partial charge in [-0.25, -0.2) is 0 Å². The number of methoxy groups -OCH3 is 1. The summed E-state index contributed by atoms with van der Waals surface area (Å²) in [6.07, 6.45) is 4.51. The number of carbonyl (C=O) groups excluding carboxylic acids is 1. The molecule has 1 aliphatic rings. The third kappa shape index (κ3) is 7.03. The molecule has 0 aromatic heterocycles. The third-order valence-electron chi connectivity index (χ3n) is 4.22. The van der Waals surface area contributed by atoms with Crippen LogP contribution in [-0.4, -0.2) is 45.2 Å². The summed E-state index contributed by atoms with van der Waals surface area (Å²) < 4.78 is 5.36. The highest BCUT2D eigenvalue weighted by atomic mass is 16.5. The molecule has 0 radical (unpaired) electrons. The zero-order valence-electron chi connectivity index (χ0n) is 15.5. The lowest BCUT2D eigenvalue weighted by Gasteiger charge is -2.12. The maximum Gasteiger partial charge on any atom is 0.220 e. The van der Waals surface area contributed by atoms with Crippen LogP contribution in [0.15, 0.2) is 23.2 Å². The second kappa shape index (κ2) is 9.91. The molecular formula is C19H30N4O2. The first-order valence-electron chi connectivity index (χ1n) is 8.99. The van der Waals surface area contributed by atoms with Crippen LogP contribution in [0, 0.1) is 6.92 Å². The van der Waals surface area contributed by atoms with Crippen molar-refractivity contribution in [2.24, 2.45) is 4.99 Å². The van der Waals surface area contributed by atoms with Crippen molar-refractivity contribution in [1.82, 2.24) is 16.0 Å². The Kier molecular flexibility index (Phi) is 7.57. The van der Waals surface area contributed by atoms with Crippen molar-refractivity contribution in [2.45, 2.75) is 45.1 Å². The Morgan fingerprint density at radius 2 is 2.04 bits per heavy atom. The quantitative estimate of drug-likeness (QED) is 0.362. The monoisotopic (exact) mass is 346 g/mol. The number of ether oxygens (including phenoxy) is 1. The van der Waals surface area contributed by atoms with E-state index < -0.39 is 0 Å². The van der Waals surface area contributed by atoms with Gasteiger partial charge in [0.1, 0.15) is 5.75 Å². The normalized spacial score (nSPS) is 14.1. The molecule has 138 valence electrons. The van der Waals surface area contributed by atoms with E-state index in [-0.39, 0.29) is 5.91 Å². The molecule has 0 saturated heterocycles. The molecule has 3 N–H and O–H groups in total. The molecule has 6 heteroatoms. The molecule has 1 aromatic rings. The van der Waals surface area contributed by atoms with Crippen molar-refractivity contribution in [1.29, 1.82) is 0 Å². The number of aryl methyl sites for hydroxylation is 1. The van der Waals surface area contributed by atoms with Crippen LogP contribution < -0.4 is 20.7 Å². The lowest BCUT2D eigenvalue weighted by atomic mass is 10.1. The maximum atomic E-state index is 11.6. The van der Waals surface area contributed by atoms with Crippen LogP contribution in [0.2, 0.25) is 0 Å². The van der Waals surface area contributed by atoms with Crippen molar-refractivity contribution >= 4 is 11.9 Å². The summed E-state index contributed by atoms with van der Waals surface area (Å²) in [6, 6.07) is 6.71. The zero-order chi connectivity index (χ0) is 18.1. The molecule has 0 atom stereocenters. The van der Waals surface area contributed by atoms with Crippen LogP contribution in [0.25, 0.3) is 0 Å². The van der Waals surface area contributed by atoms with E-state index in [2.05, 4.69) is 39.1 Å². The summed E-state index contributed by atoms with van der Waals surface area (Å²) in [5.41, 5.74) is 2.37. The number of hydrogen-bond acceptors (Lipinski definition) is 3. The second-order valence-corrected chi connectivity index (χ2v) is 6.43. The maximum absolute atomic E-state index is 11.6. The summed E-state index contributed by atoms with van der Waals surface area (Å²) in [4.78, 5) is 15.8. The molecule has 1 saturated carbocycles. The fourth-order valence-corrected chi connectivity index (χ4v) is 2.55. The SMILES string of the molecule is CN=C(NCCCC(=O)NC1CC1)NCCc1ccc(C)c(OC)c1. The van der Waals surface area contributed by atoms with Crippen molar-refractivity contribution in [3.63, 3.8) is 0 Å². The van der Waals surface area contributed by atoms with E-state index >= 15 is 0 Å². The summed E-state index contributed by atoms with van der Waals surface area (Å²) in [7, 11) is 3.45. The minimum Gasteiger partial charge on any atom is -0.496 e. The summed E-state index contributed by atoms with van der Waals surface area (Å²) in [5, 5.41) is 9.54. The van der Waals surface area contributed by atoms with E-state index in [1.54, 1.807) is 14.2 Å². The van der Waals surface area contributed by atoms with Gasteiger partial charge in [0, 0.05) is 32.6 Å². The summed E-state index contributed by atoms with van der Waals surface area (Å²) >= 11 is 0. The highest BCUT2D eigenvalue weighted by Crippen LogP contribution is 2.19. The molecule has 0 spiro atoms. The molecule has 2 rings (SSSR count). The lowest BCUT2D eigenvalue weighted by molar-refractivity contribution is -0.121. The average molecular weight is 346 g/mol. The van der Waals surface area contributed by atoms with Gasteiger partial charge >= 0.3 is 0 Å². The zero-order valence-corrected chi connectivity index (χ0v) is 15.5. The Morgan fingerprint density at radius 1 is 1.28 bits per heavy atom. The molecule has 1 fully saturated rings. The van der Waals surface area contributed by atoms with Gasteiger partial charge in [-0.2, -0.15) is 0 Å². The molecule has 1 amide bonds. The third-order valence-corrected chi connectivity index (χ3v) is 4.22. The summed E-state index contributed by atoms with van der Waals surface area (Å²) in [6.45, 7) is 3.56. The van der Waals surface area contributed by atoms with Gasteiger partial charge in [0.25, 0.3) is 0 Å². The fourth-order valence-electron chi connectivity index (χ4n) is 2.55. The van der Waals surface area contributed by atoms with Crippen LogP contribution in [0.1, 0.15) is 36.8 Å². The van der Waals surface area contributed by atoms with Crippen LogP contribution in [0.3, 0.4) is 0 Å². The van der Waals surface area contributed by atoms with Crippen molar-refractivity contribution < 1.29 is 9.53 Å². The molecule has 0 aliphatic heterocycles. The van der Waals surface area contributed by atoms with Gasteiger partial charge in [0.15, 0.2) is 5.96 Å². The largest absolute Gasteiger partial charge is 0.496 e. The highest BCUT2D eigenvalue weighted by Gasteiger charge is 2.22. The van der Waals surface area contributed by atoms with E-state index in [9.17, 15) is 4.79 Å². The first-order chi connectivity index (χ1) is 12.1. The Bertz CT molecular complexity index is 597. The van der Waals surface area contributed by atoms with Crippen LogP contribution in [0.5, 0.6) is 5.75 Å². The molecule has 25 heavy (non-hydrogen) atoms. The van der Waals surface area contributed by atoms with Crippen molar-refractivity contribution in [2.75, 3.05) is 27.2 Å². The van der Waals surface area contributed by atoms with Crippen LogP contribution in [-0.2, 0) is 11.2 Å². The number of nitrogens with one attached hydrogen (secondary N) is 3. The lowest BCUT2D eigenvalue weighted by Crippen LogP contribution is -2.39. The Balaban J connectivity index is 1.62. The first-order valence-corrected chi connectivity index (χ1v) is 8.99. The van der Waals surface area contributed by atoms with E-state index in [1.807, 2.05) is 6.92 Å². The molecule has 6 nitrogen and oxygen atoms in total. The summed E-state index contributed by atoms with van der Waals surface area (Å²) in [5.74, 6) is 1.84. The van der Waals surface area contributed by atoms with Gasteiger partial charge in [-0.05, 0) is 49.8 Å². The van der Waals surface area contributed by atoms with E-state index in [4.69, 9.17) is 4.74 Å². The fraction of sp³-hybridized carbons (Fsp3) is 0.579. The van der Waals surface area contributed by atoms with Crippen LogP contribution in [0.4, 0.5) is 0 Å². The minimum atomic E-state index is 0.153. The first kappa shape index (κ1) is 19.1. The number of guanidine groups is 1. The predicted octanol–water partition coefficient (Wildman–Crippen LogP) is 1.77. The number of nitrogens with zero attached hydrogens (tertiary/aromatic N) is 1. The van der Waals surface area contributed by atoms with Gasteiger partial charge < -0.3 is 20.7 Å². The van der Waals surface area contributed by atoms with Gasteiger partial charge in [0.2, 0.25) is 5.91 Å². The topological polar surface area (TPSA) is 74.8 Å². The average Bonchev–Trinajstić information content (AvgIpc) is 3.42. The van der Waals surface area contributed by atoms with Gasteiger partial charge in [-0.1, -0.05) is 12.1 Å². The smallest absolute Gasteiger partial charge is 0.220 e. The number of aliphatic imine (C=N–C) groups is 1. The van der Waals surface area contributed by atoms with E-state index in [0.29, 0.717) is 12.5 Å². The van der Waals surface area contributed by atoms with Crippen LogP contribution >= 0.6 is 0 Å². The molecule has 1 aliphatic carbocycles. The highest BCUT2D eigenvalue weighted by molar-refractivity contribution is 5.80. The molecular weight excluding hydrogens is 316 g/mol. The van der Waals surface area contributed by atoms with E-state index in [0.717, 1.165) is 56.0 Å². The molecule has 0 bridgehead atoms. The number of carbonyl (C=O) groups is 1. The second-order valence-electron chi connectivity index (χ2n) is 6.43. The molecule has 1 aromatic carbocycles. The number of benzene rings is 1. The number of amides is 1. The number of hydrogen-bond donors (Lipinski definition) is 3. The Labute approximate surface area is 150 Å². The predicted molar refractivity (Wildman–Crippen MR) is 101 cm³/mol. The van der Waals surface area contributed by atoms with Crippen molar-refractivity contribution in [3.8, 4) is 5.75 Å². The minimum absolute atomic E-state index is 0.153. The molecule has 0 heterocycles. The Morgan fingerprint density at radius 3 is 2.72 bits per heavy atom. The van der Waals surface area contributed by atoms with E-state index in [1.165, 1.54) is 5.56 Å². The van der Waals surface area contributed by atoms with Gasteiger partial charge in [0.05, 0.1) is 7.11 Å². The van der Waals surface area contributed by atoms with Gasteiger partial charge in [-0.15, -0.1) is 0 Å². The van der Waals surface area contributed by atoms with Crippen molar-refractivity contribution in [3.05, 3.63) is 29.3 Å². The Hall–Kier alpha value is -2.24.